The van der Waals surface area contributed by atoms with Gasteiger partial charge in [0.05, 0.1) is 0 Å². The maximum atomic E-state index is 11.5. The number of aliphatic hydroxyl groups is 1. The van der Waals surface area contributed by atoms with Crippen LogP contribution in [0, 0.1) is 5.92 Å². The van der Waals surface area contributed by atoms with E-state index in [9.17, 15) is 4.79 Å². The maximum Gasteiger partial charge on any atom is 0.224 e. The highest BCUT2D eigenvalue weighted by molar-refractivity contribution is 5.78. The van der Waals surface area contributed by atoms with Gasteiger partial charge in [0, 0.05) is 25.1 Å². The lowest BCUT2D eigenvalue weighted by molar-refractivity contribution is -0.125. The van der Waals surface area contributed by atoms with Crippen molar-refractivity contribution in [3.05, 3.63) is 0 Å². The summed E-state index contributed by atoms with van der Waals surface area (Å²) in [7, 11) is 1.83. The molecule has 0 aromatic heterocycles. The Balaban J connectivity index is 3.69. The first-order chi connectivity index (χ1) is 6.61. The van der Waals surface area contributed by atoms with Gasteiger partial charge in [-0.1, -0.05) is 6.92 Å². The summed E-state index contributed by atoms with van der Waals surface area (Å²) in [4.78, 5) is 11.5. The predicted molar refractivity (Wildman–Crippen MR) is 57.0 cm³/mol. The Morgan fingerprint density at radius 3 is 2.57 bits per heavy atom. The Bertz CT molecular complexity index is 162. The molecule has 0 saturated heterocycles. The molecule has 2 atom stereocenters. The van der Waals surface area contributed by atoms with E-state index in [1.165, 1.54) is 0 Å². The Hall–Kier alpha value is -0.610. The summed E-state index contributed by atoms with van der Waals surface area (Å²) >= 11 is 0. The molecule has 0 rings (SSSR count). The minimum atomic E-state index is -0.00317. The average molecular weight is 202 g/mol. The van der Waals surface area contributed by atoms with E-state index < -0.39 is 0 Å². The van der Waals surface area contributed by atoms with Crippen LogP contribution in [-0.4, -0.2) is 37.3 Å². The SMILES string of the molecule is CNCC(C)C(=O)NC(C)CCCO. The summed E-state index contributed by atoms with van der Waals surface area (Å²) in [5.41, 5.74) is 0. The normalized spacial score (nSPS) is 14.9. The van der Waals surface area contributed by atoms with Crippen LogP contribution in [0.5, 0.6) is 0 Å². The molecule has 0 fully saturated rings. The third-order valence-electron chi connectivity index (χ3n) is 2.14. The molecular formula is C10H22N2O2. The summed E-state index contributed by atoms with van der Waals surface area (Å²) < 4.78 is 0. The quantitative estimate of drug-likeness (QED) is 0.549. The highest BCUT2D eigenvalue weighted by Crippen LogP contribution is 1.98. The zero-order valence-corrected chi connectivity index (χ0v) is 9.34. The van der Waals surface area contributed by atoms with E-state index in [1.54, 1.807) is 0 Å². The van der Waals surface area contributed by atoms with E-state index in [-0.39, 0.29) is 24.5 Å². The lowest BCUT2D eigenvalue weighted by Crippen LogP contribution is -2.39. The van der Waals surface area contributed by atoms with Crippen LogP contribution in [-0.2, 0) is 4.79 Å². The van der Waals surface area contributed by atoms with E-state index >= 15 is 0 Å². The Morgan fingerprint density at radius 1 is 1.43 bits per heavy atom. The first-order valence-electron chi connectivity index (χ1n) is 5.17. The van der Waals surface area contributed by atoms with Gasteiger partial charge >= 0.3 is 0 Å². The van der Waals surface area contributed by atoms with Gasteiger partial charge in [-0.15, -0.1) is 0 Å². The molecule has 0 radical (unpaired) electrons. The zero-order chi connectivity index (χ0) is 11.0. The standard InChI is InChI=1S/C10H22N2O2/c1-8(7-11-3)10(14)12-9(2)5-4-6-13/h8-9,11,13H,4-7H2,1-3H3,(H,12,14). The molecule has 0 aliphatic heterocycles. The van der Waals surface area contributed by atoms with Crippen molar-refractivity contribution in [2.75, 3.05) is 20.2 Å². The summed E-state index contributed by atoms with van der Waals surface area (Å²) in [5.74, 6) is 0.0707. The average Bonchev–Trinajstić information content (AvgIpc) is 2.15. The second-order valence-electron chi connectivity index (χ2n) is 3.73. The summed E-state index contributed by atoms with van der Waals surface area (Å²) in [6.07, 6.45) is 1.57. The van der Waals surface area contributed by atoms with Crippen molar-refractivity contribution in [3.8, 4) is 0 Å². The van der Waals surface area contributed by atoms with Gasteiger partial charge in [-0.3, -0.25) is 4.79 Å². The minimum Gasteiger partial charge on any atom is -0.396 e. The number of hydrogen-bond acceptors (Lipinski definition) is 3. The van der Waals surface area contributed by atoms with E-state index in [4.69, 9.17) is 5.11 Å². The van der Waals surface area contributed by atoms with Crippen LogP contribution in [0.4, 0.5) is 0 Å². The summed E-state index contributed by atoms with van der Waals surface area (Å²) in [5, 5.41) is 14.5. The monoisotopic (exact) mass is 202 g/mol. The molecule has 4 heteroatoms. The molecule has 4 nitrogen and oxygen atoms in total. The molecule has 0 bridgehead atoms. The molecule has 0 aromatic rings. The molecule has 0 aliphatic rings. The van der Waals surface area contributed by atoms with Crippen LogP contribution >= 0.6 is 0 Å². The number of aliphatic hydroxyl groups excluding tert-OH is 1. The van der Waals surface area contributed by atoms with Crippen LogP contribution < -0.4 is 10.6 Å². The van der Waals surface area contributed by atoms with Crippen molar-refractivity contribution in [1.29, 1.82) is 0 Å². The van der Waals surface area contributed by atoms with Gasteiger partial charge < -0.3 is 15.7 Å². The van der Waals surface area contributed by atoms with Gasteiger partial charge in [0.1, 0.15) is 0 Å². The van der Waals surface area contributed by atoms with Crippen LogP contribution in [0.2, 0.25) is 0 Å². The van der Waals surface area contributed by atoms with Gasteiger partial charge in [-0.2, -0.15) is 0 Å². The molecule has 2 unspecified atom stereocenters. The lowest BCUT2D eigenvalue weighted by atomic mass is 10.1. The van der Waals surface area contributed by atoms with Crippen molar-refractivity contribution < 1.29 is 9.90 Å². The van der Waals surface area contributed by atoms with Crippen LogP contribution in [0.15, 0.2) is 0 Å². The highest BCUT2D eigenvalue weighted by atomic mass is 16.2. The smallest absolute Gasteiger partial charge is 0.224 e. The first-order valence-corrected chi connectivity index (χ1v) is 5.17. The van der Waals surface area contributed by atoms with E-state index in [0.29, 0.717) is 6.54 Å². The molecule has 3 N–H and O–H groups in total. The highest BCUT2D eigenvalue weighted by Gasteiger charge is 2.13. The predicted octanol–water partition coefficient (Wildman–Crippen LogP) is 0.119. The van der Waals surface area contributed by atoms with Gasteiger partial charge in [0.2, 0.25) is 5.91 Å². The van der Waals surface area contributed by atoms with E-state index in [1.807, 2.05) is 20.9 Å². The Morgan fingerprint density at radius 2 is 2.07 bits per heavy atom. The number of rotatable bonds is 7. The molecule has 0 saturated carbocycles. The second-order valence-corrected chi connectivity index (χ2v) is 3.73. The van der Waals surface area contributed by atoms with Crippen molar-refractivity contribution >= 4 is 5.91 Å². The molecular weight excluding hydrogens is 180 g/mol. The number of carbonyl (C=O) groups excluding carboxylic acids is 1. The summed E-state index contributed by atoms with van der Waals surface area (Å²) in [6.45, 7) is 4.73. The number of nitrogens with one attached hydrogen (secondary N) is 2. The molecule has 0 aliphatic carbocycles. The van der Waals surface area contributed by atoms with Crippen molar-refractivity contribution in [3.63, 3.8) is 0 Å². The fourth-order valence-corrected chi connectivity index (χ4v) is 1.25. The van der Waals surface area contributed by atoms with Crippen molar-refractivity contribution in [2.45, 2.75) is 32.7 Å². The van der Waals surface area contributed by atoms with Gasteiger partial charge in [0.25, 0.3) is 0 Å². The Kier molecular flexibility index (Phi) is 7.42. The zero-order valence-electron chi connectivity index (χ0n) is 9.34. The lowest BCUT2D eigenvalue weighted by Gasteiger charge is -2.16. The van der Waals surface area contributed by atoms with Crippen molar-refractivity contribution in [1.82, 2.24) is 10.6 Å². The molecule has 0 aromatic carbocycles. The van der Waals surface area contributed by atoms with Gasteiger partial charge in [-0.25, -0.2) is 0 Å². The van der Waals surface area contributed by atoms with Gasteiger partial charge in [0.15, 0.2) is 0 Å². The second kappa shape index (κ2) is 7.76. The Labute approximate surface area is 86.1 Å². The first kappa shape index (κ1) is 13.4. The number of amides is 1. The number of carbonyl (C=O) groups is 1. The van der Waals surface area contributed by atoms with Crippen LogP contribution in [0.1, 0.15) is 26.7 Å². The van der Waals surface area contributed by atoms with Crippen LogP contribution in [0.25, 0.3) is 0 Å². The fourth-order valence-electron chi connectivity index (χ4n) is 1.25. The van der Waals surface area contributed by atoms with Crippen molar-refractivity contribution in [2.24, 2.45) is 5.92 Å². The molecule has 0 heterocycles. The largest absolute Gasteiger partial charge is 0.396 e. The van der Waals surface area contributed by atoms with Crippen LogP contribution in [0.3, 0.4) is 0 Å². The third-order valence-corrected chi connectivity index (χ3v) is 2.14. The maximum absolute atomic E-state index is 11.5. The minimum absolute atomic E-state index is 0.00317. The third kappa shape index (κ3) is 5.94. The molecule has 0 spiro atoms. The molecule has 84 valence electrons. The fraction of sp³-hybridized carbons (Fsp3) is 0.900. The topological polar surface area (TPSA) is 61.4 Å². The van der Waals surface area contributed by atoms with Gasteiger partial charge in [-0.05, 0) is 26.8 Å². The molecule has 1 amide bonds. The van der Waals surface area contributed by atoms with E-state index in [0.717, 1.165) is 12.8 Å². The number of hydrogen-bond donors (Lipinski definition) is 3. The summed E-state index contributed by atoms with van der Waals surface area (Å²) in [6, 6.07) is 0.147. The van der Waals surface area contributed by atoms with E-state index in [2.05, 4.69) is 10.6 Å². The molecule has 14 heavy (non-hydrogen) atoms.